The van der Waals surface area contributed by atoms with Gasteiger partial charge in [0.1, 0.15) is 0 Å². The first-order valence-electron chi connectivity index (χ1n) is 20.3. The summed E-state index contributed by atoms with van der Waals surface area (Å²) in [7, 11) is -5.28. The summed E-state index contributed by atoms with van der Waals surface area (Å²) in [5, 5.41) is 4.61. The van der Waals surface area contributed by atoms with Crippen LogP contribution >= 0.6 is 7.59 Å². The number of hydrogen-bond acceptors (Lipinski definition) is 8. The van der Waals surface area contributed by atoms with Gasteiger partial charge in [-0.15, -0.1) is 0 Å². The van der Waals surface area contributed by atoms with Crippen LogP contribution in [0.2, 0.25) is 0 Å². The fraction of sp³-hybridized carbons (Fsp3) is 0.396. The van der Waals surface area contributed by atoms with Crippen LogP contribution in [0.4, 0.5) is 4.79 Å². The van der Waals surface area contributed by atoms with E-state index >= 15 is 0 Å². The van der Waals surface area contributed by atoms with Gasteiger partial charge in [0, 0.05) is 0 Å². The number of aryl methyl sites for hydroxylation is 4. The van der Waals surface area contributed by atoms with Gasteiger partial charge in [0.25, 0.3) is 0 Å². The van der Waals surface area contributed by atoms with Crippen LogP contribution in [0.1, 0.15) is 114 Å². The molecule has 10 nitrogen and oxygen atoms in total. The van der Waals surface area contributed by atoms with E-state index in [2.05, 4.69) is 128 Å². The third-order valence-electron chi connectivity index (χ3n) is 9.43. The minimum absolute atomic E-state index is 0.172. The van der Waals surface area contributed by atoms with Gasteiger partial charge in [-0.05, 0) is 13.8 Å². The molecule has 0 fully saturated rings. The molecule has 2 aliphatic rings. The van der Waals surface area contributed by atoms with Crippen molar-refractivity contribution in [3.8, 4) is 11.5 Å². The number of carbonyl (C=O) groups is 1. The number of hydrogen-bond donors (Lipinski definition) is 0. The quantitative estimate of drug-likeness (QED) is 0.167. The predicted octanol–water partition coefficient (Wildman–Crippen LogP) is 12.7. The molecule has 1 amide bonds. The molecule has 0 saturated heterocycles. The average molecular weight is 823 g/mol. The molecule has 1 aromatic heterocycles. The standard InChI is InChI=1S/C34H47N4O6P.2C7H8/c1-21(2)40-31-36-38(32(39)41-22(3)4)45(44-31,37-14-13-35-20-37)42-29-25(15-23(5)17-27(29)33(7,8)9)19-26-16-24(6)18-28(30(26)43-45)34(10,11)12;2*1-7-5-3-2-4-6-7/h13-18,20-22H,19H2,1-12H3;2*2-6H,1H3. The first-order valence-corrected chi connectivity index (χ1v) is 22.2. The van der Waals surface area contributed by atoms with Gasteiger partial charge in [-0.2, -0.15) is 0 Å². The zero-order valence-electron chi connectivity index (χ0n) is 37.4. The Morgan fingerprint density at radius 2 is 1.15 bits per heavy atom. The summed E-state index contributed by atoms with van der Waals surface area (Å²) in [4.78, 5) is 18.6. The van der Waals surface area contributed by atoms with Crippen molar-refractivity contribution in [2.75, 3.05) is 0 Å². The van der Waals surface area contributed by atoms with E-state index in [0.717, 1.165) is 38.2 Å². The van der Waals surface area contributed by atoms with E-state index in [9.17, 15) is 4.79 Å². The van der Waals surface area contributed by atoms with Gasteiger partial charge < -0.3 is 0 Å². The van der Waals surface area contributed by atoms with E-state index in [1.165, 1.54) is 17.5 Å². The Morgan fingerprint density at radius 1 is 0.678 bits per heavy atom. The first kappa shape index (κ1) is 44.8. The molecule has 3 heterocycles. The van der Waals surface area contributed by atoms with E-state index < -0.39 is 19.8 Å². The topological polar surface area (TPSA) is 96.6 Å². The number of benzene rings is 4. The molecule has 7 rings (SSSR count). The van der Waals surface area contributed by atoms with Crippen LogP contribution in [0.3, 0.4) is 0 Å². The molecule has 0 bridgehead atoms. The molecule has 0 N–H and O–H groups in total. The molecule has 5 aromatic rings. The maximum absolute atomic E-state index is 14.3. The second kappa shape index (κ2) is 17.5. The summed E-state index contributed by atoms with van der Waals surface area (Å²) >= 11 is 0. The van der Waals surface area contributed by atoms with E-state index in [1.54, 1.807) is 30.6 Å². The van der Waals surface area contributed by atoms with Crippen molar-refractivity contribution in [2.45, 2.75) is 126 Å². The summed E-state index contributed by atoms with van der Waals surface area (Å²) in [6, 6.07) is 29.0. The number of fused-ring (bicyclic) bond motifs is 2. The number of carbonyl (C=O) groups excluding carboxylic acids is 1. The monoisotopic (exact) mass is 822 g/mol. The summed E-state index contributed by atoms with van der Waals surface area (Å²) in [6.07, 6.45) is 3.53. The zero-order chi connectivity index (χ0) is 43.4. The number of aromatic nitrogens is 2. The van der Waals surface area contributed by atoms with Crippen molar-refractivity contribution in [1.82, 2.24) is 14.1 Å². The molecule has 2 aliphatic heterocycles. The molecule has 0 saturated carbocycles. The molecule has 316 valence electrons. The number of nitrogens with zero attached hydrogens (tertiary/aromatic N) is 4. The minimum atomic E-state index is -5.28. The molecule has 1 spiro atoms. The fourth-order valence-corrected chi connectivity index (χ4v) is 10.00. The van der Waals surface area contributed by atoms with Crippen LogP contribution in [0.15, 0.2) is 109 Å². The van der Waals surface area contributed by atoms with Crippen LogP contribution in [0.25, 0.3) is 0 Å². The number of ether oxygens (including phenoxy) is 2. The molecule has 0 unspecified atom stereocenters. The minimum Gasteiger partial charge on any atom is -0.0622 e. The van der Waals surface area contributed by atoms with Gasteiger partial charge in [-0.1, -0.05) is 71.8 Å². The third-order valence-corrected chi connectivity index (χ3v) is 12.8. The van der Waals surface area contributed by atoms with Crippen molar-refractivity contribution in [3.63, 3.8) is 0 Å². The molecule has 0 radical (unpaired) electrons. The molecule has 0 atom stereocenters. The second-order valence-corrected chi connectivity index (χ2v) is 20.9. The van der Waals surface area contributed by atoms with Crippen molar-refractivity contribution in [1.29, 1.82) is 0 Å². The Kier molecular flexibility index (Phi) is 13.3. The van der Waals surface area contributed by atoms with Gasteiger partial charge in [0.05, 0.1) is 0 Å². The summed E-state index contributed by atoms with van der Waals surface area (Å²) < 4.78 is 36.1. The van der Waals surface area contributed by atoms with Crippen LogP contribution < -0.4 is 9.05 Å². The summed E-state index contributed by atoms with van der Waals surface area (Å²) in [5.74, 6) is 1.10. The summed E-state index contributed by atoms with van der Waals surface area (Å²) in [5.41, 5.74) is 7.82. The van der Waals surface area contributed by atoms with E-state index in [-0.39, 0.29) is 23.0 Å². The van der Waals surface area contributed by atoms with Crippen LogP contribution in [-0.4, -0.2) is 38.5 Å². The van der Waals surface area contributed by atoms with Gasteiger partial charge >= 0.3 is 267 Å². The van der Waals surface area contributed by atoms with E-state index in [0.29, 0.717) is 17.9 Å². The SMILES string of the molecule is Cc1cc2c(c(C(C)(C)C)c1)OP1(n3ccnc3)(OC(OC(C)C)=NN1C(=O)OC(C)C)Oc1c(cc(C)cc1C(C)(C)C)C2.Cc1ccccc1.Cc1ccccc1. The number of hydrazone groups is 1. The zero-order valence-corrected chi connectivity index (χ0v) is 38.3. The Hall–Kier alpha value is -5.34. The second-order valence-electron chi connectivity index (χ2n) is 17.9. The number of imidazole rings is 1. The van der Waals surface area contributed by atoms with Crippen LogP contribution in [0.5, 0.6) is 11.5 Å². The fourth-order valence-electron chi connectivity index (χ4n) is 6.71. The molecular formula is C48H63N4O6P. The van der Waals surface area contributed by atoms with Gasteiger partial charge in [0.15, 0.2) is 0 Å². The van der Waals surface area contributed by atoms with Gasteiger partial charge in [-0.25, -0.2) is 0 Å². The maximum Gasteiger partial charge on any atom is -0.0398 e. The summed E-state index contributed by atoms with van der Waals surface area (Å²) in [6.45, 7) is 28.3. The van der Waals surface area contributed by atoms with Crippen molar-refractivity contribution >= 4 is 19.8 Å². The Labute approximate surface area is 351 Å². The van der Waals surface area contributed by atoms with Crippen molar-refractivity contribution < 1.29 is 27.8 Å². The predicted molar refractivity (Wildman–Crippen MR) is 239 cm³/mol. The van der Waals surface area contributed by atoms with Crippen molar-refractivity contribution in [2.24, 2.45) is 5.10 Å². The van der Waals surface area contributed by atoms with E-state index in [4.69, 9.17) is 23.0 Å². The van der Waals surface area contributed by atoms with Crippen LogP contribution in [-0.2, 0) is 31.2 Å². The molecule has 11 heteroatoms. The first-order chi connectivity index (χ1) is 27.6. The number of rotatable bonds is 3. The molecule has 4 aromatic carbocycles. The molecule has 0 aliphatic carbocycles. The Bertz CT molecular complexity index is 2130. The normalized spacial score (nSPS) is 15.8. The molecular weight excluding hydrogens is 760 g/mol. The smallest absolute Gasteiger partial charge is 0.0398 e. The van der Waals surface area contributed by atoms with Crippen LogP contribution in [0, 0.1) is 27.7 Å². The van der Waals surface area contributed by atoms with Gasteiger partial charge in [0.2, 0.25) is 0 Å². The van der Waals surface area contributed by atoms with Crippen molar-refractivity contribution in [3.05, 3.63) is 148 Å². The largest absolute Gasteiger partial charge is 0.0622 e. The Balaban J connectivity index is 0.000000396. The maximum atomic E-state index is 14.3. The third kappa shape index (κ3) is 10.1. The van der Waals surface area contributed by atoms with E-state index in [1.807, 2.05) is 50.2 Å². The average Bonchev–Trinajstić information content (AvgIpc) is 3.78. The molecule has 59 heavy (non-hydrogen) atoms. The Morgan fingerprint density at radius 3 is 1.51 bits per heavy atom. The van der Waals surface area contributed by atoms with Gasteiger partial charge in [-0.3, -0.25) is 0 Å². The number of amides is 1.